The van der Waals surface area contributed by atoms with Gasteiger partial charge in [-0.15, -0.1) is 0 Å². The number of benzene rings is 2. The topological polar surface area (TPSA) is 51.6 Å². The number of aromatic nitrogens is 2. The molecular weight excluding hydrogens is 420 g/mol. The van der Waals surface area contributed by atoms with E-state index in [-0.39, 0.29) is 18.9 Å². The first kappa shape index (κ1) is 18.9. The van der Waals surface area contributed by atoms with Crippen LogP contribution in [0.5, 0.6) is 11.5 Å². The molecule has 1 fully saturated rings. The Bertz CT molecular complexity index is 1280. The molecule has 0 radical (unpaired) electrons. The van der Waals surface area contributed by atoms with Crippen LogP contribution in [0.25, 0.3) is 5.69 Å². The first-order valence-electron chi connectivity index (χ1n) is 10.4. The first-order valence-corrected chi connectivity index (χ1v) is 10.8. The first-order chi connectivity index (χ1) is 15.8. The fourth-order valence-corrected chi connectivity index (χ4v) is 4.77. The zero-order valence-electron chi connectivity index (χ0n) is 17.1. The fraction of sp³-hybridized carbons (Fsp3) is 0.120. The number of ether oxygens (including phenoxy) is 2. The van der Waals surface area contributed by atoms with E-state index in [1.165, 1.54) is 0 Å². The maximum atomic E-state index is 5.84. The summed E-state index contributed by atoms with van der Waals surface area (Å²) in [6.07, 6.45) is 3.90. The monoisotopic (exact) mass is 440 g/mol. The van der Waals surface area contributed by atoms with Crippen LogP contribution >= 0.6 is 12.2 Å². The highest BCUT2D eigenvalue weighted by atomic mass is 32.1. The molecule has 2 aliphatic rings. The van der Waals surface area contributed by atoms with Crippen molar-refractivity contribution < 1.29 is 9.47 Å². The van der Waals surface area contributed by atoms with Gasteiger partial charge >= 0.3 is 0 Å². The highest BCUT2D eigenvalue weighted by Crippen LogP contribution is 2.44. The number of rotatable bonds is 4. The number of anilines is 1. The summed E-state index contributed by atoms with van der Waals surface area (Å²) in [6, 6.07) is 26.2. The predicted molar refractivity (Wildman–Crippen MR) is 126 cm³/mol. The molecule has 0 aliphatic carbocycles. The van der Waals surface area contributed by atoms with E-state index < -0.39 is 0 Å². The lowest BCUT2D eigenvalue weighted by molar-refractivity contribution is 0.174. The minimum atomic E-state index is -0.119. The second-order valence-electron chi connectivity index (χ2n) is 7.67. The van der Waals surface area contributed by atoms with E-state index in [1.807, 2.05) is 60.8 Å². The second kappa shape index (κ2) is 7.69. The van der Waals surface area contributed by atoms with Crippen LogP contribution in [-0.2, 0) is 0 Å². The van der Waals surface area contributed by atoms with Crippen LogP contribution in [0.4, 0.5) is 5.69 Å². The van der Waals surface area contributed by atoms with Gasteiger partial charge in [-0.05, 0) is 60.7 Å². The molecule has 2 aliphatic heterocycles. The van der Waals surface area contributed by atoms with Crippen LogP contribution in [0.15, 0.2) is 91.3 Å². The number of fused-ring (bicyclic) bond motifs is 1. The van der Waals surface area contributed by atoms with Gasteiger partial charge < -0.3 is 24.3 Å². The molecule has 0 amide bonds. The van der Waals surface area contributed by atoms with Crippen LogP contribution in [0.1, 0.15) is 23.5 Å². The average Bonchev–Trinajstić information content (AvgIpc) is 3.57. The van der Waals surface area contributed by atoms with Crippen molar-refractivity contribution in [3.05, 3.63) is 103 Å². The maximum absolute atomic E-state index is 5.84. The molecule has 0 saturated carbocycles. The van der Waals surface area contributed by atoms with Crippen molar-refractivity contribution in [3.63, 3.8) is 0 Å². The Morgan fingerprint density at radius 2 is 1.72 bits per heavy atom. The van der Waals surface area contributed by atoms with Gasteiger partial charge in [0.25, 0.3) is 0 Å². The van der Waals surface area contributed by atoms with E-state index in [1.54, 1.807) is 0 Å². The molecule has 7 heteroatoms. The molecule has 4 heterocycles. The van der Waals surface area contributed by atoms with Gasteiger partial charge in [-0.3, -0.25) is 4.98 Å². The number of pyridine rings is 1. The molecular formula is C25H20N4O2S. The lowest BCUT2D eigenvalue weighted by Crippen LogP contribution is -2.30. The van der Waals surface area contributed by atoms with E-state index in [4.69, 9.17) is 21.7 Å². The third-order valence-corrected chi connectivity index (χ3v) is 6.16. The van der Waals surface area contributed by atoms with Gasteiger partial charge in [0.05, 0.1) is 11.7 Å². The third-order valence-electron chi connectivity index (χ3n) is 5.85. The normalized spacial score (nSPS) is 19.2. The summed E-state index contributed by atoms with van der Waals surface area (Å²) in [6.45, 7) is 0.234. The predicted octanol–water partition coefficient (Wildman–Crippen LogP) is 4.78. The molecule has 158 valence electrons. The van der Waals surface area contributed by atoms with Crippen LogP contribution in [0, 0.1) is 0 Å². The smallest absolute Gasteiger partial charge is 0.231 e. The van der Waals surface area contributed by atoms with E-state index in [9.17, 15) is 0 Å². The Labute approximate surface area is 191 Å². The van der Waals surface area contributed by atoms with Crippen molar-refractivity contribution in [3.8, 4) is 17.2 Å². The quantitative estimate of drug-likeness (QED) is 0.461. The summed E-state index contributed by atoms with van der Waals surface area (Å²) in [5, 5.41) is 4.16. The van der Waals surface area contributed by atoms with Crippen molar-refractivity contribution in [2.75, 3.05) is 11.7 Å². The maximum Gasteiger partial charge on any atom is 0.231 e. The summed E-state index contributed by atoms with van der Waals surface area (Å²) in [7, 11) is 0. The molecule has 1 N–H and O–H groups in total. The Hall–Kier alpha value is -3.84. The zero-order valence-corrected chi connectivity index (χ0v) is 17.9. The van der Waals surface area contributed by atoms with Gasteiger partial charge in [0.1, 0.15) is 6.04 Å². The van der Waals surface area contributed by atoms with E-state index in [0.29, 0.717) is 5.11 Å². The van der Waals surface area contributed by atoms with Crippen LogP contribution in [0.2, 0.25) is 0 Å². The van der Waals surface area contributed by atoms with Crippen LogP contribution in [-0.4, -0.2) is 21.5 Å². The number of nitrogens with one attached hydrogen (secondary N) is 1. The third kappa shape index (κ3) is 3.09. The number of hydrogen-bond acceptors (Lipinski definition) is 4. The Morgan fingerprint density at radius 3 is 2.56 bits per heavy atom. The van der Waals surface area contributed by atoms with Gasteiger partial charge in [0, 0.05) is 35.5 Å². The minimum Gasteiger partial charge on any atom is -0.454 e. The number of nitrogens with zero attached hydrogens (tertiary/aromatic N) is 3. The molecule has 0 spiro atoms. The highest BCUT2D eigenvalue weighted by molar-refractivity contribution is 7.80. The molecule has 2 atom stereocenters. The molecule has 0 unspecified atom stereocenters. The van der Waals surface area contributed by atoms with Crippen molar-refractivity contribution in [1.29, 1.82) is 0 Å². The summed E-state index contributed by atoms with van der Waals surface area (Å²) < 4.78 is 13.3. The fourth-order valence-electron chi connectivity index (χ4n) is 4.43. The lowest BCUT2D eigenvalue weighted by atomic mass is 10.0. The number of hydrogen-bond donors (Lipinski definition) is 1. The molecule has 2 aromatic heterocycles. The van der Waals surface area contributed by atoms with Gasteiger partial charge in [-0.1, -0.05) is 24.3 Å². The number of thiocarbonyl (C=S) groups is 1. The van der Waals surface area contributed by atoms with E-state index in [2.05, 4.69) is 50.2 Å². The number of para-hydroxylation sites is 1. The molecule has 32 heavy (non-hydrogen) atoms. The van der Waals surface area contributed by atoms with Gasteiger partial charge in [-0.2, -0.15) is 0 Å². The molecule has 4 aromatic rings. The molecule has 1 saturated heterocycles. The SMILES string of the molecule is S=C1N[C@@H](c2ccccn2)[C@H](c2cccn2-c2ccccc2)N1c1ccc2c(c1)OCO2. The zero-order chi connectivity index (χ0) is 21.5. The van der Waals surface area contributed by atoms with Crippen LogP contribution in [0.3, 0.4) is 0 Å². The summed E-state index contributed by atoms with van der Waals surface area (Å²) in [5.74, 6) is 1.47. The summed E-state index contributed by atoms with van der Waals surface area (Å²) in [4.78, 5) is 6.79. The molecule has 0 bridgehead atoms. The largest absolute Gasteiger partial charge is 0.454 e. The Balaban J connectivity index is 1.50. The molecule has 6 nitrogen and oxygen atoms in total. The van der Waals surface area contributed by atoms with Crippen molar-refractivity contribution in [2.24, 2.45) is 0 Å². The minimum absolute atomic E-state index is 0.118. The van der Waals surface area contributed by atoms with Crippen molar-refractivity contribution in [1.82, 2.24) is 14.9 Å². The van der Waals surface area contributed by atoms with Crippen molar-refractivity contribution >= 4 is 23.0 Å². The summed E-state index contributed by atoms with van der Waals surface area (Å²) in [5.41, 5.74) is 4.08. The Kier molecular flexibility index (Phi) is 4.54. The molecule has 2 aromatic carbocycles. The average molecular weight is 441 g/mol. The van der Waals surface area contributed by atoms with Gasteiger partial charge in [-0.25, -0.2) is 0 Å². The Morgan fingerprint density at radius 1 is 0.875 bits per heavy atom. The molecule has 6 rings (SSSR count). The van der Waals surface area contributed by atoms with Gasteiger partial charge in [0.15, 0.2) is 16.6 Å². The highest BCUT2D eigenvalue weighted by Gasteiger charge is 2.42. The van der Waals surface area contributed by atoms with Gasteiger partial charge in [0.2, 0.25) is 6.79 Å². The summed E-state index contributed by atoms with van der Waals surface area (Å²) >= 11 is 5.84. The standard InChI is InChI=1S/C25H20N4O2S/c32-25-27-23(19-9-4-5-13-26-19)24(20-10-6-14-28(20)17-7-2-1-3-8-17)29(25)18-11-12-21-22(15-18)31-16-30-21/h1-15,23-24H,16H2,(H,27,32)/t23-,24-/m0/s1. The van der Waals surface area contributed by atoms with E-state index >= 15 is 0 Å². The van der Waals surface area contributed by atoms with Crippen LogP contribution < -0.4 is 19.7 Å². The second-order valence-corrected chi connectivity index (χ2v) is 8.06. The van der Waals surface area contributed by atoms with E-state index in [0.717, 1.165) is 34.3 Å². The van der Waals surface area contributed by atoms with Crippen molar-refractivity contribution in [2.45, 2.75) is 12.1 Å². The lowest BCUT2D eigenvalue weighted by Gasteiger charge is -2.29.